The molecule has 0 radical (unpaired) electrons. The SMILES string of the molecule is Cc1cc(C)c(NC(Cc2ccc(-c3nsc(CNc4nc5ccccc5[nH]4)n3)cc2)C(=O)O)c(C)c1. The fraction of sp³-hybridized carbons (Fsp3) is 0.214. The summed E-state index contributed by atoms with van der Waals surface area (Å²) in [5, 5.41) is 17.2. The number of carboxylic acids is 1. The number of fused-ring (bicyclic) bond motifs is 1. The number of aliphatic carboxylic acids is 1. The van der Waals surface area contributed by atoms with Crippen LogP contribution in [0.2, 0.25) is 0 Å². The van der Waals surface area contributed by atoms with E-state index in [4.69, 9.17) is 0 Å². The molecule has 5 aromatic rings. The van der Waals surface area contributed by atoms with Gasteiger partial charge in [-0.05, 0) is 61.1 Å². The molecular formula is C28H28N6O2S. The van der Waals surface area contributed by atoms with Crippen LogP contribution >= 0.6 is 11.5 Å². The largest absolute Gasteiger partial charge is 0.480 e. The number of H-pyrrole nitrogens is 1. The average Bonchev–Trinajstić information content (AvgIpc) is 3.51. The summed E-state index contributed by atoms with van der Waals surface area (Å²) in [4.78, 5) is 24.4. The number of aromatic amines is 1. The molecule has 0 saturated heterocycles. The summed E-state index contributed by atoms with van der Waals surface area (Å²) < 4.78 is 4.50. The Balaban J connectivity index is 1.23. The molecule has 0 bridgehead atoms. The minimum atomic E-state index is -0.883. The standard InChI is InChI=1S/C28H28N6O2S/c1-16-12-17(2)25(18(3)13-16)30-23(27(35)36)14-19-8-10-20(11-9-19)26-33-24(37-34-26)15-29-28-31-21-6-4-5-7-22(21)32-28/h4-13,23,30H,14-15H2,1-3H3,(H,35,36)(H2,29,31,32). The molecule has 3 aromatic carbocycles. The second-order valence-electron chi connectivity index (χ2n) is 9.18. The van der Waals surface area contributed by atoms with Crippen LogP contribution in [-0.2, 0) is 17.8 Å². The Morgan fingerprint density at radius 3 is 2.46 bits per heavy atom. The van der Waals surface area contributed by atoms with Gasteiger partial charge in [-0.3, -0.25) is 0 Å². The van der Waals surface area contributed by atoms with E-state index < -0.39 is 12.0 Å². The molecule has 0 aliphatic carbocycles. The van der Waals surface area contributed by atoms with E-state index in [1.54, 1.807) is 0 Å². The van der Waals surface area contributed by atoms with Crippen molar-refractivity contribution in [3.05, 3.63) is 87.9 Å². The number of imidazole rings is 1. The average molecular weight is 513 g/mol. The topological polar surface area (TPSA) is 116 Å². The highest BCUT2D eigenvalue weighted by Gasteiger charge is 2.20. The predicted molar refractivity (Wildman–Crippen MR) is 148 cm³/mol. The summed E-state index contributed by atoms with van der Waals surface area (Å²) in [6.45, 7) is 6.55. The zero-order valence-electron chi connectivity index (χ0n) is 20.9. The van der Waals surface area contributed by atoms with E-state index in [9.17, 15) is 9.90 Å². The van der Waals surface area contributed by atoms with Crippen LogP contribution in [0.4, 0.5) is 11.6 Å². The van der Waals surface area contributed by atoms with Crippen LogP contribution in [0.5, 0.6) is 0 Å². The van der Waals surface area contributed by atoms with Gasteiger partial charge in [-0.2, -0.15) is 4.37 Å². The molecule has 4 N–H and O–H groups in total. The highest BCUT2D eigenvalue weighted by Crippen LogP contribution is 2.25. The highest BCUT2D eigenvalue weighted by atomic mass is 32.1. The molecular weight excluding hydrogens is 484 g/mol. The maximum absolute atomic E-state index is 12.0. The van der Waals surface area contributed by atoms with Crippen molar-refractivity contribution in [1.82, 2.24) is 19.3 Å². The Hall–Kier alpha value is -4.24. The molecule has 188 valence electrons. The summed E-state index contributed by atoms with van der Waals surface area (Å²) in [5.74, 6) is 0.461. The Labute approximate surface area is 219 Å². The van der Waals surface area contributed by atoms with Crippen molar-refractivity contribution in [3.8, 4) is 11.4 Å². The second-order valence-corrected chi connectivity index (χ2v) is 10.0. The number of nitrogens with zero attached hydrogens (tertiary/aromatic N) is 3. The minimum absolute atomic E-state index is 0.361. The number of anilines is 2. The van der Waals surface area contributed by atoms with E-state index in [1.807, 2.05) is 69.3 Å². The predicted octanol–water partition coefficient (Wildman–Crippen LogP) is 5.73. The van der Waals surface area contributed by atoms with Crippen molar-refractivity contribution in [2.45, 2.75) is 39.8 Å². The molecule has 2 aromatic heterocycles. The third-order valence-corrected chi connectivity index (χ3v) is 6.92. The zero-order chi connectivity index (χ0) is 25.9. The molecule has 8 nitrogen and oxygen atoms in total. The second kappa shape index (κ2) is 10.4. The first-order valence-corrected chi connectivity index (χ1v) is 12.8. The first-order valence-electron chi connectivity index (χ1n) is 12.0. The van der Waals surface area contributed by atoms with Gasteiger partial charge in [0.15, 0.2) is 5.82 Å². The molecule has 9 heteroatoms. The number of para-hydroxylation sites is 2. The lowest BCUT2D eigenvalue weighted by Crippen LogP contribution is -2.32. The molecule has 0 amide bonds. The molecule has 0 fully saturated rings. The van der Waals surface area contributed by atoms with Gasteiger partial charge in [0, 0.05) is 17.7 Å². The number of aryl methyl sites for hydroxylation is 3. The van der Waals surface area contributed by atoms with Gasteiger partial charge in [0.05, 0.1) is 17.6 Å². The van der Waals surface area contributed by atoms with Crippen LogP contribution in [0.15, 0.2) is 60.7 Å². The van der Waals surface area contributed by atoms with Gasteiger partial charge >= 0.3 is 5.97 Å². The highest BCUT2D eigenvalue weighted by molar-refractivity contribution is 7.05. The fourth-order valence-electron chi connectivity index (χ4n) is 4.45. The Morgan fingerprint density at radius 2 is 1.76 bits per heavy atom. The van der Waals surface area contributed by atoms with Gasteiger partial charge in [0.1, 0.15) is 11.0 Å². The maximum Gasteiger partial charge on any atom is 0.326 e. The van der Waals surface area contributed by atoms with Gasteiger partial charge in [-0.15, -0.1) is 0 Å². The Kier molecular flexibility index (Phi) is 6.87. The monoisotopic (exact) mass is 512 g/mol. The van der Waals surface area contributed by atoms with Crippen LogP contribution in [0, 0.1) is 20.8 Å². The van der Waals surface area contributed by atoms with Crippen LogP contribution in [0.3, 0.4) is 0 Å². The van der Waals surface area contributed by atoms with Crippen molar-refractivity contribution in [2.75, 3.05) is 10.6 Å². The molecule has 0 aliphatic rings. The third kappa shape index (κ3) is 5.62. The van der Waals surface area contributed by atoms with Crippen molar-refractivity contribution in [1.29, 1.82) is 0 Å². The van der Waals surface area contributed by atoms with E-state index in [1.165, 1.54) is 11.5 Å². The first-order chi connectivity index (χ1) is 17.9. The summed E-state index contributed by atoms with van der Waals surface area (Å²) in [6.07, 6.45) is 0.361. The molecule has 37 heavy (non-hydrogen) atoms. The molecule has 1 atom stereocenters. The Morgan fingerprint density at radius 1 is 1.03 bits per heavy atom. The van der Waals surface area contributed by atoms with E-state index in [2.05, 4.69) is 42.1 Å². The number of carbonyl (C=O) groups is 1. The maximum atomic E-state index is 12.0. The van der Waals surface area contributed by atoms with E-state index >= 15 is 0 Å². The number of nitrogens with one attached hydrogen (secondary N) is 3. The lowest BCUT2D eigenvalue weighted by Gasteiger charge is -2.20. The van der Waals surface area contributed by atoms with Crippen molar-refractivity contribution in [2.24, 2.45) is 0 Å². The molecule has 2 heterocycles. The molecule has 5 rings (SSSR count). The number of aromatic nitrogens is 4. The number of benzene rings is 3. The lowest BCUT2D eigenvalue weighted by molar-refractivity contribution is -0.137. The summed E-state index contributed by atoms with van der Waals surface area (Å²) in [7, 11) is 0. The number of hydrogen-bond donors (Lipinski definition) is 4. The molecule has 0 aliphatic heterocycles. The van der Waals surface area contributed by atoms with Gasteiger partial charge in [0.2, 0.25) is 5.95 Å². The van der Waals surface area contributed by atoms with E-state index in [0.29, 0.717) is 24.7 Å². The molecule has 0 saturated carbocycles. The van der Waals surface area contributed by atoms with Crippen molar-refractivity contribution in [3.63, 3.8) is 0 Å². The molecule has 0 spiro atoms. The summed E-state index contributed by atoms with van der Waals surface area (Å²) in [6, 6.07) is 19.0. The van der Waals surface area contributed by atoms with Crippen molar-refractivity contribution < 1.29 is 9.90 Å². The van der Waals surface area contributed by atoms with E-state index in [-0.39, 0.29) is 0 Å². The zero-order valence-corrected chi connectivity index (χ0v) is 21.7. The van der Waals surface area contributed by atoms with Crippen LogP contribution in [0.1, 0.15) is 27.3 Å². The fourth-order valence-corrected chi connectivity index (χ4v) is 5.05. The van der Waals surface area contributed by atoms with Gasteiger partial charge < -0.3 is 20.7 Å². The first kappa shape index (κ1) is 24.5. The lowest BCUT2D eigenvalue weighted by atomic mass is 10.0. The summed E-state index contributed by atoms with van der Waals surface area (Å²) >= 11 is 1.34. The van der Waals surface area contributed by atoms with Crippen molar-refractivity contribution >= 4 is 40.2 Å². The van der Waals surface area contributed by atoms with Gasteiger partial charge in [-0.1, -0.05) is 54.1 Å². The van der Waals surface area contributed by atoms with Gasteiger partial charge in [0.25, 0.3) is 0 Å². The normalized spacial score (nSPS) is 12.0. The Bertz CT molecular complexity index is 1500. The number of hydrogen-bond acceptors (Lipinski definition) is 7. The molecule has 1 unspecified atom stereocenters. The van der Waals surface area contributed by atoms with Gasteiger partial charge in [-0.25, -0.2) is 14.8 Å². The van der Waals surface area contributed by atoms with Crippen LogP contribution < -0.4 is 10.6 Å². The van der Waals surface area contributed by atoms with Crippen LogP contribution in [-0.4, -0.2) is 36.4 Å². The number of carboxylic acid groups (broad SMARTS) is 1. The minimum Gasteiger partial charge on any atom is -0.480 e. The van der Waals surface area contributed by atoms with Crippen LogP contribution in [0.25, 0.3) is 22.4 Å². The number of rotatable bonds is 9. The summed E-state index contributed by atoms with van der Waals surface area (Å²) in [5.41, 5.74) is 7.82. The quantitative estimate of drug-likeness (QED) is 0.199. The van der Waals surface area contributed by atoms with E-state index in [0.717, 1.165) is 49.5 Å². The smallest absolute Gasteiger partial charge is 0.326 e. The third-order valence-electron chi connectivity index (χ3n) is 6.21.